The molecular weight excluding hydrogens is 352 g/mol. The predicted octanol–water partition coefficient (Wildman–Crippen LogP) is 3.36. The van der Waals surface area contributed by atoms with Crippen LogP contribution in [-0.4, -0.2) is 37.0 Å². The Morgan fingerprint density at radius 3 is 2.68 bits per heavy atom. The van der Waals surface area contributed by atoms with E-state index in [1.807, 2.05) is 16.8 Å². The molecule has 2 aromatic heterocycles. The molecule has 5 rings (SSSR count). The average Bonchev–Trinajstić information content (AvgIpc) is 3.37. The molecule has 4 atom stereocenters. The zero-order chi connectivity index (χ0) is 19.3. The molecule has 0 unspecified atom stereocenters. The number of aromatic nitrogens is 3. The summed E-state index contributed by atoms with van der Waals surface area (Å²) >= 11 is 0. The number of allylic oxidation sites excluding steroid dienone is 1. The van der Waals surface area contributed by atoms with Gasteiger partial charge in [0.05, 0.1) is 17.5 Å². The Morgan fingerprint density at radius 2 is 1.86 bits per heavy atom. The lowest BCUT2D eigenvalue weighted by molar-refractivity contribution is 0.0135. The highest BCUT2D eigenvalue weighted by Gasteiger charge is 2.44. The van der Waals surface area contributed by atoms with Gasteiger partial charge in [0, 0.05) is 12.1 Å². The summed E-state index contributed by atoms with van der Waals surface area (Å²) in [6.45, 7) is 0. The quantitative estimate of drug-likeness (QED) is 0.692. The monoisotopic (exact) mass is 382 g/mol. The van der Waals surface area contributed by atoms with Crippen LogP contribution in [0.2, 0.25) is 0 Å². The first-order chi connectivity index (χ1) is 13.6. The summed E-state index contributed by atoms with van der Waals surface area (Å²) in [7, 11) is 0. The molecule has 2 heterocycles. The fraction of sp³-hybridized carbons (Fsp3) is 0.636. The molecule has 0 amide bonds. The van der Waals surface area contributed by atoms with E-state index in [4.69, 9.17) is 5.73 Å². The van der Waals surface area contributed by atoms with Crippen molar-refractivity contribution in [1.29, 1.82) is 0 Å². The fourth-order valence-corrected chi connectivity index (χ4v) is 6.10. The van der Waals surface area contributed by atoms with Crippen molar-refractivity contribution in [2.75, 3.05) is 5.73 Å². The van der Waals surface area contributed by atoms with Gasteiger partial charge in [0.1, 0.15) is 23.9 Å². The van der Waals surface area contributed by atoms with E-state index in [-0.39, 0.29) is 12.0 Å². The number of aliphatic hydroxyl groups excluding tert-OH is 2. The molecule has 1 spiro atoms. The van der Waals surface area contributed by atoms with Crippen molar-refractivity contribution in [3.63, 3.8) is 0 Å². The van der Waals surface area contributed by atoms with Crippen molar-refractivity contribution in [1.82, 2.24) is 14.5 Å². The zero-order valence-corrected chi connectivity index (χ0v) is 16.3. The van der Waals surface area contributed by atoms with E-state index < -0.39 is 12.2 Å². The highest BCUT2D eigenvalue weighted by molar-refractivity contribution is 5.86. The molecule has 0 bridgehead atoms. The molecule has 6 nitrogen and oxygen atoms in total. The van der Waals surface area contributed by atoms with Gasteiger partial charge in [-0.1, -0.05) is 30.9 Å². The molecular formula is C22H30N4O2. The predicted molar refractivity (Wildman–Crippen MR) is 109 cm³/mol. The Bertz CT molecular complexity index is 899. The van der Waals surface area contributed by atoms with Crippen LogP contribution in [0.25, 0.3) is 11.0 Å². The van der Waals surface area contributed by atoms with Gasteiger partial charge in [-0.15, -0.1) is 0 Å². The second-order valence-corrected chi connectivity index (χ2v) is 9.05. The maximum atomic E-state index is 10.8. The van der Waals surface area contributed by atoms with E-state index in [1.165, 1.54) is 51.3 Å². The molecule has 150 valence electrons. The maximum Gasteiger partial charge on any atom is 0.145 e. The Labute approximate surface area is 165 Å². The third-order valence-corrected chi connectivity index (χ3v) is 7.60. The summed E-state index contributed by atoms with van der Waals surface area (Å²) in [5.74, 6) is 0.434. The molecule has 3 fully saturated rings. The third-order valence-electron chi connectivity index (χ3n) is 7.60. The van der Waals surface area contributed by atoms with Gasteiger partial charge in [0.25, 0.3) is 0 Å². The van der Waals surface area contributed by atoms with Crippen LogP contribution >= 0.6 is 0 Å². The lowest BCUT2D eigenvalue weighted by atomic mass is 9.69. The van der Waals surface area contributed by atoms with Crippen LogP contribution in [0.3, 0.4) is 0 Å². The normalized spacial score (nSPS) is 34.0. The fourth-order valence-electron chi connectivity index (χ4n) is 6.10. The van der Waals surface area contributed by atoms with Gasteiger partial charge in [-0.05, 0) is 50.0 Å². The first-order valence-corrected chi connectivity index (χ1v) is 10.7. The van der Waals surface area contributed by atoms with E-state index in [0.29, 0.717) is 11.2 Å². The number of anilines is 1. The lowest BCUT2D eigenvalue weighted by Gasteiger charge is -2.35. The maximum absolute atomic E-state index is 10.8. The summed E-state index contributed by atoms with van der Waals surface area (Å²) < 4.78 is 1.96. The molecule has 2 aromatic rings. The highest BCUT2D eigenvalue weighted by atomic mass is 16.3. The van der Waals surface area contributed by atoms with Gasteiger partial charge >= 0.3 is 0 Å². The minimum atomic E-state index is -0.808. The highest BCUT2D eigenvalue weighted by Crippen LogP contribution is 2.53. The van der Waals surface area contributed by atoms with Crippen LogP contribution in [0.1, 0.15) is 63.8 Å². The van der Waals surface area contributed by atoms with Gasteiger partial charge in [0.15, 0.2) is 0 Å². The average molecular weight is 383 g/mol. The van der Waals surface area contributed by atoms with Crippen LogP contribution in [0.15, 0.2) is 30.2 Å². The third kappa shape index (κ3) is 2.77. The lowest BCUT2D eigenvalue weighted by Crippen LogP contribution is -2.29. The molecule has 0 saturated heterocycles. The van der Waals surface area contributed by atoms with E-state index >= 15 is 0 Å². The SMILES string of the molecule is Nc1ncnc2c1ccn2[C@@H]1C[C@H](/C=C2\CCCC23CCCCC3)[C@@H](O)[C@H]1O. The number of hydrogen-bond acceptors (Lipinski definition) is 5. The molecule has 0 aliphatic heterocycles. The number of fused-ring (bicyclic) bond motifs is 1. The largest absolute Gasteiger partial charge is 0.390 e. The number of nitrogens with two attached hydrogens (primary N) is 1. The number of nitrogens with zero attached hydrogens (tertiary/aromatic N) is 3. The smallest absolute Gasteiger partial charge is 0.145 e. The van der Waals surface area contributed by atoms with Crippen LogP contribution in [0, 0.1) is 11.3 Å². The van der Waals surface area contributed by atoms with Crippen LogP contribution < -0.4 is 5.73 Å². The minimum Gasteiger partial charge on any atom is -0.390 e. The van der Waals surface area contributed by atoms with Crippen LogP contribution in [0.4, 0.5) is 5.82 Å². The van der Waals surface area contributed by atoms with Gasteiger partial charge in [-0.3, -0.25) is 0 Å². The minimum absolute atomic E-state index is 0.0106. The Morgan fingerprint density at radius 1 is 1.07 bits per heavy atom. The second kappa shape index (κ2) is 6.85. The van der Waals surface area contributed by atoms with Crippen molar-refractivity contribution in [2.45, 2.75) is 76.0 Å². The van der Waals surface area contributed by atoms with E-state index in [1.54, 1.807) is 5.57 Å². The Kier molecular flexibility index (Phi) is 4.43. The number of nitrogen functional groups attached to an aromatic ring is 1. The first-order valence-electron chi connectivity index (χ1n) is 10.7. The first kappa shape index (κ1) is 18.1. The number of rotatable bonds is 2. The molecule has 3 aliphatic rings. The van der Waals surface area contributed by atoms with E-state index in [2.05, 4.69) is 16.0 Å². The van der Waals surface area contributed by atoms with E-state index in [0.717, 1.165) is 23.9 Å². The summed E-state index contributed by atoms with van der Waals surface area (Å²) in [6.07, 6.45) is 15.2. The Hall–Kier alpha value is -1.92. The van der Waals surface area contributed by atoms with Crippen LogP contribution in [-0.2, 0) is 0 Å². The van der Waals surface area contributed by atoms with Crippen molar-refractivity contribution in [3.05, 3.63) is 30.2 Å². The van der Waals surface area contributed by atoms with Gasteiger partial charge < -0.3 is 20.5 Å². The van der Waals surface area contributed by atoms with Crippen LogP contribution in [0.5, 0.6) is 0 Å². The topological polar surface area (TPSA) is 97.2 Å². The second-order valence-electron chi connectivity index (χ2n) is 9.05. The standard InChI is InChI=1S/C22H30N4O2/c23-20-16-6-10-26(21(16)25-13-24-20)17-12-14(18(27)19(17)28)11-15-5-4-9-22(15)7-2-1-3-8-22/h6,10-11,13-14,17-19,27-28H,1-5,7-9,12H2,(H2,23,24,25)/b15-11+/t14-,17+,18+,19-/m0/s1. The van der Waals surface area contributed by atoms with Gasteiger partial charge in [0.2, 0.25) is 0 Å². The van der Waals surface area contributed by atoms with Crippen molar-refractivity contribution in [3.8, 4) is 0 Å². The molecule has 0 radical (unpaired) electrons. The summed E-state index contributed by atoms with van der Waals surface area (Å²) in [6, 6.07) is 1.69. The van der Waals surface area contributed by atoms with Gasteiger partial charge in [-0.25, -0.2) is 9.97 Å². The van der Waals surface area contributed by atoms with Crippen molar-refractivity contribution >= 4 is 16.9 Å². The Balaban J connectivity index is 1.44. The molecule has 6 heteroatoms. The summed E-state index contributed by atoms with van der Waals surface area (Å²) in [5, 5.41) is 22.5. The summed E-state index contributed by atoms with van der Waals surface area (Å²) in [5.41, 5.74) is 8.61. The molecule has 4 N–H and O–H groups in total. The molecule has 3 saturated carbocycles. The molecule has 28 heavy (non-hydrogen) atoms. The van der Waals surface area contributed by atoms with Gasteiger partial charge in [-0.2, -0.15) is 0 Å². The number of aliphatic hydroxyl groups is 2. The molecule has 3 aliphatic carbocycles. The zero-order valence-electron chi connectivity index (χ0n) is 16.3. The number of hydrogen-bond donors (Lipinski definition) is 3. The summed E-state index contributed by atoms with van der Waals surface area (Å²) in [4.78, 5) is 8.41. The molecule has 0 aromatic carbocycles. The van der Waals surface area contributed by atoms with E-state index in [9.17, 15) is 10.2 Å². The van der Waals surface area contributed by atoms with Crippen molar-refractivity contribution < 1.29 is 10.2 Å². The van der Waals surface area contributed by atoms with Crippen molar-refractivity contribution in [2.24, 2.45) is 11.3 Å².